The van der Waals surface area contributed by atoms with E-state index in [-0.39, 0.29) is 12.4 Å². The summed E-state index contributed by atoms with van der Waals surface area (Å²) in [7, 11) is 0. The molecule has 0 fully saturated rings. The molecule has 0 bridgehead atoms. The van der Waals surface area contributed by atoms with Crippen LogP contribution in [0, 0.1) is 0 Å². The molecule has 0 amide bonds. The fraction of sp³-hybridized carbons (Fsp3) is 0.118. The molecule has 22 heavy (non-hydrogen) atoms. The number of fused-ring (bicyclic) bond motifs is 1. The van der Waals surface area contributed by atoms with Gasteiger partial charge >= 0.3 is 11.6 Å². The fourth-order valence-corrected chi connectivity index (χ4v) is 2.06. The van der Waals surface area contributed by atoms with Crippen molar-refractivity contribution in [3.8, 4) is 17.0 Å². The number of pyridine rings is 1. The summed E-state index contributed by atoms with van der Waals surface area (Å²) in [4.78, 5) is 27.6. The normalized spacial score (nSPS) is 10.6. The van der Waals surface area contributed by atoms with E-state index in [9.17, 15) is 9.59 Å². The monoisotopic (exact) mass is 295 g/mol. The minimum Gasteiger partial charge on any atom is -0.426 e. The number of esters is 1. The number of aromatic nitrogens is 1. The average molecular weight is 295 g/mol. The highest BCUT2D eigenvalue weighted by Crippen LogP contribution is 2.23. The maximum absolute atomic E-state index is 12.1. The van der Waals surface area contributed by atoms with Gasteiger partial charge in [0.05, 0.1) is 11.3 Å². The van der Waals surface area contributed by atoms with Crippen molar-refractivity contribution < 1.29 is 13.9 Å². The molecule has 0 N–H and O–H groups in total. The van der Waals surface area contributed by atoms with E-state index in [0.717, 1.165) is 5.39 Å². The maximum atomic E-state index is 12.1. The number of hydrogen-bond acceptors (Lipinski definition) is 5. The minimum atomic E-state index is -0.481. The standard InChI is InChI=1S/C17H13NO4/c1-2-16(19)21-12-7-6-11-9-13(14-5-3-4-8-18-14)17(20)22-15(11)10-12/h3-10H,2H2,1H3. The lowest BCUT2D eigenvalue weighted by molar-refractivity contribution is -0.134. The predicted octanol–water partition coefficient (Wildman–Crippen LogP) is 3.17. The molecule has 2 aromatic heterocycles. The van der Waals surface area contributed by atoms with Gasteiger partial charge in [-0.25, -0.2) is 4.79 Å². The SMILES string of the molecule is CCC(=O)Oc1ccc2cc(-c3ccccn3)c(=O)oc2c1. The molecule has 3 rings (SSSR count). The van der Waals surface area contributed by atoms with Crippen LogP contribution in [0.4, 0.5) is 0 Å². The highest BCUT2D eigenvalue weighted by Gasteiger charge is 2.10. The molecule has 110 valence electrons. The summed E-state index contributed by atoms with van der Waals surface area (Å²) in [6.45, 7) is 1.71. The van der Waals surface area contributed by atoms with E-state index in [2.05, 4.69) is 4.98 Å². The van der Waals surface area contributed by atoms with E-state index < -0.39 is 5.63 Å². The summed E-state index contributed by atoms with van der Waals surface area (Å²) < 4.78 is 10.4. The molecule has 0 aliphatic rings. The Hall–Kier alpha value is -2.95. The Balaban J connectivity index is 2.07. The summed E-state index contributed by atoms with van der Waals surface area (Å²) in [5.74, 6) is 0.0138. The lowest BCUT2D eigenvalue weighted by Gasteiger charge is -2.05. The summed E-state index contributed by atoms with van der Waals surface area (Å²) >= 11 is 0. The topological polar surface area (TPSA) is 69.4 Å². The Morgan fingerprint density at radius 3 is 2.82 bits per heavy atom. The van der Waals surface area contributed by atoms with Crippen molar-refractivity contribution in [3.05, 3.63) is 59.1 Å². The molecule has 0 unspecified atom stereocenters. The van der Waals surface area contributed by atoms with E-state index in [1.54, 1.807) is 49.5 Å². The molecular formula is C17H13NO4. The van der Waals surface area contributed by atoms with Crippen LogP contribution in [0.5, 0.6) is 5.75 Å². The van der Waals surface area contributed by atoms with Crippen LogP contribution < -0.4 is 10.4 Å². The molecule has 0 atom stereocenters. The third kappa shape index (κ3) is 2.74. The molecule has 5 heteroatoms. The van der Waals surface area contributed by atoms with Crippen LogP contribution in [-0.4, -0.2) is 11.0 Å². The zero-order valence-electron chi connectivity index (χ0n) is 11.9. The van der Waals surface area contributed by atoms with Crippen LogP contribution in [-0.2, 0) is 4.79 Å². The van der Waals surface area contributed by atoms with Gasteiger partial charge in [0.2, 0.25) is 0 Å². The second kappa shape index (κ2) is 5.81. The predicted molar refractivity (Wildman–Crippen MR) is 81.6 cm³/mol. The van der Waals surface area contributed by atoms with Gasteiger partial charge in [0, 0.05) is 24.1 Å². The average Bonchev–Trinajstić information content (AvgIpc) is 2.55. The number of nitrogens with zero attached hydrogens (tertiary/aromatic N) is 1. The molecule has 0 aliphatic carbocycles. The number of carbonyl (C=O) groups is 1. The second-order valence-electron chi connectivity index (χ2n) is 4.69. The van der Waals surface area contributed by atoms with Crippen molar-refractivity contribution in [1.82, 2.24) is 4.98 Å². The smallest absolute Gasteiger partial charge is 0.345 e. The van der Waals surface area contributed by atoms with E-state index in [4.69, 9.17) is 9.15 Å². The number of ether oxygens (including phenoxy) is 1. The Kier molecular flexibility index (Phi) is 3.70. The van der Waals surface area contributed by atoms with Gasteiger partial charge in [0.25, 0.3) is 0 Å². The summed E-state index contributed by atoms with van der Waals surface area (Å²) in [6.07, 6.45) is 1.90. The van der Waals surface area contributed by atoms with Crippen molar-refractivity contribution in [2.75, 3.05) is 0 Å². The van der Waals surface area contributed by atoms with Crippen molar-refractivity contribution in [2.24, 2.45) is 0 Å². The number of benzene rings is 1. The maximum Gasteiger partial charge on any atom is 0.345 e. The Bertz CT molecular complexity index is 884. The molecule has 5 nitrogen and oxygen atoms in total. The summed E-state index contributed by atoms with van der Waals surface area (Å²) in [6, 6.07) is 12.0. The molecule has 0 radical (unpaired) electrons. The lowest BCUT2D eigenvalue weighted by atomic mass is 10.1. The number of rotatable bonds is 3. The molecule has 0 aliphatic heterocycles. The highest BCUT2D eigenvalue weighted by atomic mass is 16.5. The number of hydrogen-bond donors (Lipinski definition) is 0. The summed E-state index contributed by atoms with van der Waals surface area (Å²) in [5, 5.41) is 0.733. The molecule has 1 aromatic carbocycles. The minimum absolute atomic E-state index is 0.278. The number of carbonyl (C=O) groups excluding carboxylic acids is 1. The molecular weight excluding hydrogens is 282 g/mol. The van der Waals surface area contributed by atoms with Gasteiger partial charge in [-0.3, -0.25) is 9.78 Å². The first-order chi connectivity index (χ1) is 10.7. The van der Waals surface area contributed by atoms with Crippen molar-refractivity contribution >= 4 is 16.9 Å². The molecule has 3 aromatic rings. The van der Waals surface area contributed by atoms with E-state index >= 15 is 0 Å². The van der Waals surface area contributed by atoms with Crippen LogP contribution in [0.2, 0.25) is 0 Å². The molecule has 0 spiro atoms. The molecule has 0 saturated carbocycles. The van der Waals surface area contributed by atoms with E-state index in [0.29, 0.717) is 22.6 Å². The van der Waals surface area contributed by atoms with Gasteiger partial charge in [-0.2, -0.15) is 0 Å². The molecule has 2 heterocycles. The largest absolute Gasteiger partial charge is 0.426 e. The quantitative estimate of drug-likeness (QED) is 0.421. The van der Waals surface area contributed by atoms with Crippen molar-refractivity contribution in [3.63, 3.8) is 0 Å². The van der Waals surface area contributed by atoms with Gasteiger partial charge in [0.15, 0.2) is 0 Å². The highest BCUT2D eigenvalue weighted by molar-refractivity contribution is 5.83. The van der Waals surface area contributed by atoms with Crippen LogP contribution in [0.1, 0.15) is 13.3 Å². The van der Waals surface area contributed by atoms with E-state index in [1.807, 2.05) is 0 Å². The third-order valence-corrected chi connectivity index (χ3v) is 3.17. The van der Waals surface area contributed by atoms with Crippen LogP contribution >= 0.6 is 0 Å². The first kappa shape index (κ1) is 14.0. The van der Waals surface area contributed by atoms with Gasteiger partial charge < -0.3 is 9.15 Å². The molecule has 0 saturated heterocycles. The van der Waals surface area contributed by atoms with Crippen LogP contribution in [0.15, 0.2) is 57.9 Å². The third-order valence-electron chi connectivity index (χ3n) is 3.17. The fourth-order valence-electron chi connectivity index (χ4n) is 2.06. The first-order valence-corrected chi connectivity index (χ1v) is 6.87. The van der Waals surface area contributed by atoms with Crippen LogP contribution in [0.3, 0.4) is 0 Å². The van der Waals surface area contributed by atoms with Gasteiger partial charge in [-0.05, 0) is 30.3 Å². The van der Waals surface area contributed by atoms with Crippen LogP contribution in [0.25, 0.3) is 22.2 Å². The Labute approximate surface area is 126 Å². The Morgan fingerprint density at radius 1 is 1.23 bits per heavy atom. The van der Waals surface area contributed by atoms with Gasteiger partial charge in [-0.15, -0.1) is 0 Å². The second-order valence-corrected chi connectivity index (χ2v) is 4.69. The summed E-state index contributed by atoms with van der Waals surface area (Å²) in [5.41, 5.74) is 0.835. The van der Waals surface area contributed by atoms with Crippen molar-refractivity contribution in [1.29, 1.82) is 0 Å². The van der Waals surface area contributed by atoms with E-state index in [1.165, 1.54) is 6.07 Å². The van der Waals surface area contributed by atoms with Gasteiger partial charge in [-0.1, -0.05) is 13.0 Å². The zero-order chi connectivity index (χ0) is 15.5. The van der Waals surface area contributed by atoms with Crippen molar-refractivity contribution in [2.45, 2.75) is 13.3 Å². The zero-order valence-corrected chi connectivity index (χ0v) is 11.9. The van der Waals surface area contributed by atoms with Gasteiger partial charge in [0.1, 0.15) is 11.3 Å². The first-order valence-electron chi connectivity index (χ1n) is 6.87. The lowest BCUT2D eigenvalue weighted by Crippen LogP contribution is -2.06. The Morgan fingerprint density at radius 2 is 2.09 bits per heavy atom.